The van der Waals surface area contributed by atoms with Gasteiger partial charge < -0.3 is 5.73 Å². The standard InChI is InChI=1S/C5H13N3/c1-8(7)5(6)3-2-4-5/h2-4,6-7H2,1H3. The number of hydrazine groups is 1. The highest BCUT2D eigenvalue weighted by molar-refractivity contribution is 4.88. The molecule has 0 unspecified atom stereocenters. The second-order valence-electron chi connectivity index (χ2n) is 2.57. The predicted octanol–water partition coefficient (Wildman–Crippen LogP) is -0.369. The molecule has 1 aliphatic carbocycles. The van der Waals surface area contributed by atoms with Crippen molar-refractivity contribution in [3.63, 3.8) is 0 Å². The number of hydrogen-bond donors (Lipinski definition) is 2. The first-order valence-corrected chi connectivity index (χ1v) is 2.92. The molecule has 48 valence electrons. The van der Waals surface area contributed by atoms with Crippen molar-refractivity contribution in [1.29, 1.82) is 0 Å². The molecule has 4 N–H and O–H groups in total. The van der Waals surface area contributed by atoms with Gasteiger partial charge in [0.1, 0.15) is 0 Å². The summed E-state index contributed by atoms with van der Waals surface area (Å²) in [5, 5.41) is 1.61. The van der Waals surface area contributed by atoms with Gasteiger partial charge >= 0.3 is 0 Å². The Morgan fingerprint density at radius 1 is 1.50 bits per heavy atom. The van der Waals surface area contributed by atoms with Gasteiger partial charge in [-0.25, -0.2) is 5.01 Å². The molecule has 0 aliphatic heterocycles. The van der Waals surface area contributed by atoms with Crippen molar-refractivity contribution in [2.24, 2.45) is 11.6 Å². The van der Waals surface area contributed by atoms with Gasteiger partial charge in [-0.05, 0) is 19.3 Å². The Kier molecular flexibility index (Phi) is 1.27. The minimum Gasteiger partial charge on any atom is -0.312 e. The van der Waals surface area contributed by atoms with Crippen LogP contribution in [-0.4, -0.2) is 17.7 Å². The Bertz CT molecular complexity index is 85.7. The lowest BCUT2D eigenvalue weighted by Crippen LogP contribution is -2.61. The van der Waals surface area contributed by atoms with Gasteiger partial charge in [-0.15, -0.1) is 0 Å². The summed E-state index contributed by atoms with van der Waals surface area (Å²) in [4.78, 5) is 0. The van der Waals surface area contributed by atoms with Crippen LogP contribution in [0.3, 0.4) is 0 Å². The molecular formula is C5H13N3. The van der Waals surface area contributed by atoms with Crippen molar-refractivity contribution in [3.05, 3.63) is 0 Å². The fourth-order valence-corrected chi connectivity index (χ4v) is 0.892. The largest absolute Gasteiger partial charge is 0.312 e. The van der Waals surface area contributed by atoms with E-state index >= 15 is 0 Å². The molecule has 1 aliphatic rings. The lowest BCUT2D eigenvalue weighted by molar-refractivity contribution is 0.0440. The second kappa shape index (κ2) is 1.69. The average Bonchev–Trinajstić information content (AvgIpc) is 1.60. The molecule has 8 heavy (non-hydrogen) atoms. The third kappa shape index (κ3) is 0.727. The minimum absolute atomic E-state index is 0.167. The average molecular weight is 115 g/mol. The maximum Gasteiger partial charge on any atom is 0.0815 e. The van der Waals surface area contributed by atoms with Crippen molar-refractivity contribution < 1.29 is 0 Å². The number of nitrogens with two attached hydrogens (primary N) is 2. The zero-order valence-electron chi connectivity index (χ0n) is 5.22. The van der Waals surface area contributed by atoms with E-state index in [1.165, 1.54) is 6.42 Å². The fraction of sp³-hybridized carbons (Fsp3) is 1.00. The summed E-state index contributed by atoms with van der Waals surface area (Å²) in [7, 11) is 1.82. The van der Waals surface area contributed by atoms with Crippen LogP contribution in [0, 0.1) is 0 Å². The van der Waals surface area contributed by atoms with Crippen molar-refractivity contribution in [2.45, 2.75) is 24.9 Å². The molecule has 0 bridgehead atoms. The van der Waals surface area contributed by atoms with Crippen LogP contribution < -0.4 is 11.6 Å². The summed E-state index contributed by atoms with van der Waals surface area (Å²) in [5.41, 5.74) is 5.58. The molecule has 3 heteroatoms. The molecular weight excluding hydrogens is 102 g/mol. The van der Waals surface area contributed by atoms with Gasteiger partial charge in [0.2, 0.25) is 0 Å². The van der Waals surface area contributed by atoms with Crippen LogP contribution in [0.2, 0.25) is 0 Å². The highest BCUT2D eigenvalue weighted by Crippen LogP contribution is 2.29. The minimum atomic E-state index is -0.167. The Labute approximate surface area is 49.6 Å². The lowest BCUT2D eigenvalue weighted by Gasteiger charge is -2.42. The summed E-state index contributed by atoms with van der Waals surface area (Å²) in [5.74, 6) is 5.44. The monoisotopic (exact) mass is 115 g/mol. The van der Waals surface area contributed by atoms with Crippen molar-refractivity contribution >= 4 is 0 Å². The van der Waals surface area contributed by atoms with Crippen LogP contribution in [0.15, 0.2) is 0 Å². The van der Waals surface area contributed by atoms with Crippen molar-refractivity contribution in [3.8, 4) is 0 Å². The summed E-state index contributed by atoms with van der Waals surface area (Å²) in [6, 6.07) is 0. The van der Waals surface area contributed by atoms with Gasteiger partial charge in [0, 0.05) is 7.05 Å². The van der Waals surface area contributed by atoms with Gasteiger partial charge in [0.05, 0.1) is 5.66 Å². The Hall–Kier alpha value is -0.120. The van der Waals surface area contributed by atoms with Gasteiger partial charge in [-0.2, -0.15) is 0 Å². The zero-order valence-corrected chi connectivity index (χ0v) is 5.22. The molecule has 1 fully saturated rings. The molecule has 0 aromatic rings. The molecule has 0 aromatic carbocycles. The third-order valence-corrected chi connectivity index (χ3v) is 1.92. The van der Waals surface area contributed by atoms with Gasteiger partial charge in [-0.3, -0.25) is 5.84 Å². The van der Waals surface area contributed by atoms with E-state index in [1.807, 2.05) is 7.05 Å². The summed E-state index contributed by atoms with van der Waals surface area (Å²) in [6.07, 6.45) is 3.30. The Morgan fingerprint density at radius 2 is 2.00 bits per heavy atom. The highest BCUT2D eigenvalue weighted by Gasteiger charge is 2.34. The molecule has 0 amide bonds. The molecule has 0 radical (unpaired) electrons. The smallest absolute Gasteiger partial charge is 0.0815 e. The maximum absolute atomic E-state index is 5.75. The Morgan fingerprint density at radius 3 is 2.00 bits per heavy atom. The summed E-state index contributed by atoms with van der Waals surface area (Å²) >= 11 is 0. The molecule has 0 atom stereocenters. The first-order valence-electron chi connectivity index (χ1n) is 2.92. The fourth-order valence-electron chi connectivity index (χ4n) is 0.892. The second-order valence-corrected chi connectivity index (χ2v) is 2.57. The number of rotatable bonds is 1. The van der Waals surface area contributed by atoms with E-state index in [4.69, 9.17) is 11.6 Å². The van der Waals surface area contributed by atoms with E-state index in [0.29, 0.717) is 0 Å². The van der Waals surface area contributed by atoms with Gasteiger partial charge in [0.25, 0.3) is 0 Å². The van der Waals surface area contributed by atoms with Gasteiger partial charge in [-0.1, -0.05) is 0 Å². The normalized spacial score (nSPS) is 25.5. The molecule has 0 spiro atoms. The summed E-state index contributed by atoms with van der Waals surface area (Å²) < 4.78 is 0. The van der Waals surface area contributed by atoms with E-state index < -0.39 is 0 Å². The first kappa shape index (κ1) is 6.01. The third-order valence-electron chi connectivity index (χ3n) is 1.92. The van der Waals surface area contributed by atoms with Gasteiger partial charge in [0.15, 0.2) is 0 Å². The van der Waals surface area contributed by atoms with Crippen molar-refractivity contribution in [2.75, 3.05) is 7.05 Å². The molecule has 0 heterocycles. The molecule has 3 nitrogen and oxygen atoms in total. The van der Waals surface area contributed by atoms with E-state index in [1.54, 1.807) is 5.01 Å². The SMILES string of the molecule is CN(N)C1(N)CCC1. The number of nitrogens with zero attached hydrogens (tertiary/aromatic N) is 1. The van der Waals surface area contributed by atoms with E-state index in [0.717, 1.165) is 12.8 Å². The molecule has 1 rings (SSSR count). The van der Waals surface area contributed by atoms with E-state index in [2.05, 4.69) is 0 Å². The zero-order chi connectivity index (χ0) is 6.20. The summed E-state index contributed by atoms with van der Waals surface area (Å²) in [6.45, 7) is 0. The number of hydrogen-bond acceptors (Lipinski definition) is 3. The Balaban J connectivity index is 2.41. The van der Waals surface area contributed by atoms with Crippen LogP contribution in [0.1, 0.15) is 19.3 Å². The van der Waals surface area contributed by atoms with Crippen molar-refractivity contribution in [1.82, 2.24) is 5.01 Å². The maximum atomic E-state index is 5.75. The molecule has 0 aromatic heterocycles. The molecule has 0 saturated heterocycles. The topological polar surface area (TPSA) is 55.3 Å². The first-order chi connectivity index (χ1) is 3.65. The predicted molar refractivity (Wildman–Crippen MR) is 32.7 cm³/mol. The lowest BCUT2D eigenvalue weighted by atomic mass is 9.86. The quantitative estimate of drug-likeness (QED) is 0.278. The van der Waals surface area contributed by atoms with Crippen LogP contribution >= 0.6 is 0 Å². The molecule has 1 saturated carbocycles. The highest BCUT2D eigenvalue weighted by atomic mass is 15.5. The van der Waals surface area contributed by atoms with Crippen LogP contribution in [-0.2, 0) is 0 Å². The van der Waals surface area contributed by atoms with E-state index in [9.17, 15) is 0 Å². The van der Waals surface area contributed by atoms with Crippen LogP contribution in [0.25, 0.3) is 0 Å². The van der Waals surface area contributed by atoms with E-state index in [-0.39, 0.29) is 5.66 Å². The van der Waals surface area contributed by atoms with Crippen LogP contribution in [0.4, 0.5) is 0 Å². The van der Waals surface area contributed by atoms with Crippen LogP contribution in [0.5, 0.6) is 0 Å².